The van der Waals surface area contributed by atoms with Crippen molar-refractivity contribution in [2.75, 3.05) is 13.2 Å². The number of ether oxygens (including phenoxy) is 1. The van der Waals surface area contributed by atoms with Crippen LogP contribution in [0.1, 0.15) is 13.3 Å². The average Bonchev–Trinajstić information content (AvgIpc) is 2.77. The molecule has 0 saturated carbocycles. The van der Waals surface area contributed by atoms with Crippen LogP contribution in [0.2, 0.25) is 0 Å². The Morgan fingerprint density at radius 1 is 1.44 bits per heavy atom. The van der Waals surface area contributed by atoms with Crippen LogP contribution in [0.15, 0.2) is 23.8 Å². The maximum absolute atomic E-state index is 11.2. The Hall–Kier alpha value is -1.98. The minimum Gasteiger partial charge on any atom is -0.449 e. The van der Waals surface area contributed by atoms with E-state index in [0.29, 0.717) is 6.54 Å². The fourth-order valence-electron chi connectivity index (χ4n) is 1.14. The van der Waals surface area contributed by atoms with Crippen molar-refractivity contribution < 1.29 is 14.3 Å². The fraction of sp³-hybridized carbons (Fsp3) is 0.400. The van der Waals surface area contributed by atoms with Gasteiger partial charge in [0.2, 0.25) is 0 Å². The summed E-state index contributed by atoms with van der Waals surface area (Å²) < 4.78 is 4.56. The molecular weight excluding hydrogens is 210 g/mol. The third-order valence-corrected chi connectivity index (χ3v) is 1.85. The summed E-state index contributed by atoms with van der Waals surface area (Å²) in [5, 5.41) is 2.58. The van der Waals surface area contributed by atoms with Crippen molar-refractivity contribution in [3.8, 4) is 0 Å². The molecule has 1 aliphatic carbocycles. The molecule has 16 heavy (non-hydrogen) atoms. The quantitative estimate of drug-likeness (QED) is 0.622. The van der Waals surface area contributed by atoms with Crippen LogP contribution in [0.4, 0.5) is 9.59 Å². The SMILES string of the molecule is CCOC(=O)NNC(=O)NCC1=CCC=C1. The van der Waals surface area contributed by atoms with Gasteiger partial charge in [0.1, 0.15) is 0 Å². The number of hydrogen-bond acceptors (Lipinski definition) is 3. The summed E-state index contributed by atoms with van der Waals surface area (Å²) >= 11 is 0. The van der Waals surface area contributed by atoms with Gasteiger partial charge in [-0.05, 0) is 18.9 Å². The molecule has 3 N–H and O–H groups in total. The van der Waals surface area contributed by atoms with Crippen LogP contribution in [-0.4, -0.2) is 25.3 Å². The topological polar surface area (TPSA) is 79.5 Å². The van der Waals surface area contributed by atoms with Crippen LogP contribution in [0, 0.1) is 0 Å². The summed E-state index contributed by atoms with van der Waals surface area (Å²) in [7, 11) is 0. The first-order valence-corrected chi connectivity index (χ1v) is 5.04. The maximum Gasteiger partial charge on any atom is 0.426 e. The zero-order chi connectivity index (χ0) is 11.8. The molecule has 88 valence electrons. The van der Waals surface area contributed by atoms with Gasteiger partial charge in [-0.3, -0.25) is 0 Å². The van der Waals surface area contributed by atoms with Crippen LogP contribution < -0.4 is 16.2 Å². The van der Waals surface area contributed by atoms with Gasteiger partial charge in [0.15, 0.2) is 0 Å². The van der Waals surface area contributed by atoms with Crippen LogP contribution in [-0.2, 0) is 4.74 Å². The molecule has 0 aromatic carbocycles. The van der Waals surface area contributed by atoms with Crippen LogP contribution in [0.3, 0.4) is 0 Å². The molecule has 0 atom stereocenters. The van der Waals surface area contributed by atoms with Crippen molar-refractivity contribution >= 4 is 12.1 Å². The lowest BCUT2D eigenvalue weighted by molar-refractivity contribution is 0.147. The molecule has 6 heteroatoms. The second-order valence-corrected chi connectivity index (χ2v) is 3.07. The molecule has 0 radical (unpaired) electrons. The van der Waals surface area contributed by atoms with E-state index in [1.807, 2.05) is 18.2 Å². The van der Waals surface area contributed by atoms with Gasteiger partial charge in [0, 0.05) is 6.54 Å². The molecule has 0 bridgehead atoms. The largest absolute Gasteiger partial charge is 0.449 e. The van der Waals surface area contributed by atoms with Gasteiger partial charge < -0.3 is 10.1 Å². The number of nitrogens with one attached hydrogen (secondary N) is 3. The average molecular weight is 225 g/mol. The number of urea groups is 1. The molecule has 1 rings (SSSR count). The first kappa shape index (κ1) is 12.1. The molecule has 3 amide bonds. The van der Waals surface area contributed by atoms with E-state index in [2.05, 4.69) is 20.9 Å². The first-order valence-electron chi connectivity index (χ1n) is 5.04. The van der Waals surface area contributed by atoms with E-state index in [1.165, 1.54) is 0 Å². The van der Waals surface area contributed by atoms with Crippen molar-refractivity contribution in [2.24, 2.45) is 0 Å². The van der Waals surface area contributed by atoms with Crippen molar-refractivity contribution in [3.05, 3.63) is 23.8 Å². The molecular formula is C10H15N3O3. The lowest BCUT2D eigenvalue weighted by atomic mass is 10.3. The van der Waals surface area contributed by atoms with Crippen LogP contribution in [0.25, 0.3) is 0 Å². The van der Waals surface area contributed by atoms with Gasteiger partial charge in [-0.25, -0.2) is 20.4 Å². The van der Waals surface area contributed by atoms with E-state index >= 15 is 0 Å². The monoisotopic (exact) mass is 225 g/mol. The Balaban J connectivity index is 2.11. The predicted molar refractivity (Wildman–Crippen MR) is 58.5 cm³/mol. The predicted octanol–water partition coefficient (Wildman–Crippen LogP) is 0.833. The van der Waals surface area contributed by atoms with E-state index in [4.69, 9.17) is 0 Å². The molecule has 0 aromatic rings. The van der Waals surface area contributed by atoms with Crippen molar-refractivity contribution in [3.63, 3.8) is 0 Å². The summed E-state index contributed by atoms with van der Waals surface area (Å²) in [5.41, 5.74) is 5.31. The summed E-state index contributed by atoms with van der Waals surface area (Å²) in [6.45, 7) is 2.37. The Kier molecular flexibility index (Phi) is 4.91. The van der Waals surface area contributed by atoms with Crippen LogP contribution in [0.5, 0.6) is 0 Å². The first-order chi connectivity index (χ1) is 7.72. The van der Waals surface area contributed by atoms with Crippen LogP contribution >= 0.6 is 0 Å². The number of carbonyl (C=O) groups excluding carboxylic acids is 2. The zero-order valence-corrected chi connectivity index (χ0v) is 9.08. The van der Waals surface area contributed by atoms with Gasteiger partial charge in [-0.15, -0.1) is 0 Å². The Morgan fingerprint density at radius 2 is 2.25 bits per heavy atom. The highest BCUT2D eigenvalue weighted by Gasteiger charge is 2.04. The minimum absolute atomic E-state index is 0.257. The Morgan fingerprint density at radius 3 is 2.88 bits per heavy atom. The molecule has 0 heterocycles. The number of allylic oxidation sites excluding steroid dienone is 2. The summed E-state index contributed by atoms with van der Waals surface area (Å²) in [4.78, 5) is 22.0. The van der Waals surface area contributed by atoms with Crippen molar-refractivity contribution in [1.29, 1.82) is 0 Å². The molecule has 1 aliphatic rings. The second kappa shape index (κ2) is 6.49. The van der Waals surface area contributed by atoms with E-state index in [-0.39, 0.29) is 6.61 Å². The molecule has 0 saturated heterocycles. The van der Waals surface area contributed by atoms with Gasteiger partial charge >= 0.3 is 12.1 Å². The van der Waals surface area contributed by atoms with E-state index < -0.39 is 12.1 Å². The molecule has 0 fully saturated rings. The van der Waals surface area contributed by atoms with E-state index in [9.17, 15) is 9.59 Å². The summed E-state index contributed by atoms with van der Waals surface area (Å²) in [6, 6.07) is -0.478. The molecule has 6 nitrogen and oxygen atoms in total. The smallest absolute Gasteiger partial charge is 0.426 e. The zero-order valence-electron chi connectivity index (χ0n) is 9.08. The van der Waals surface area contributed by atoms with Gasteiger partial charge in [-0.1, -0.05) is 18.2 Å². The highest BCUT2D eigenvalue weighted by Crippen LogP contribution is 2.06. The number of hydrogen-bond donors (Lipinski definition) is 3. The Labute approximate surface area is 93.7 Å². The molecule has 0 aromatic heterocycles. The lowest BCUT2D eigenvalue weighted by Gasteiger charge is -2.08. The third kappa shape index (κ3) is 4.50. The molecule has 0 unspecified atom stereocenters. The molecule has 0 spiro atoms. The number of rotatable bonds is 3. The lowest BCUT2D eigenvalue weighted by Crippen LogP contribution is -2.47. The van der Waals surface area contributed by atoms with Gasteiger partial charge in [0.25, 0.3) is 0 Å². The normalized spacial score (nSPS) is 12.9. The van der Waals surface area contributed by atoms with Gasteiger partial charge in [0.05, 0.1) is 6.61 Å². The standard InChI is InChI=1S/C10H15N3O3/c1-2-16-10(15)13-12-9(14)11-7-8-5-3-4-6-8/h3,5-6H,2,4,7H2,1H3,(H,13,15)(H2,11,12,14). The Bertz CT molecular complexity index is 323. The van der Waals surface area contributed by atoms with Crippen molar-refractivity contribution in [2.45, 2.75) is 13.3 Å². The number of carbonyl (C=O) groups is 2. The maximum atomic E-state index is 11.2. The highest BCUT2D eigenvalue weighted by atomic mass is 16.6. The highest BCUT2D eigenvalue weighted by molar-refractivity contribution is 5.77. The van der Waals surface area contributed by atoms with E-state index in [1.54, 1.807) is 6.92 Å². The number of amides is 3. The van der Waals surface area contributed by atoms with E-state index in [0.717, 1.165) is 12.0 Å². The summed E-state index contributed by atoms with van der Waals surface area (Å²) in [5.74, 6) is 0. The molecule has 0 aliphatic heterocycles. The van der Waals surface area contributed by atoms with Gasteiger partial charge in [-0.2, -0.15) is 0 Å². The van der Waals surface area contributed by atoms with Crippen molar-refractivity contribution in [1.82, 2.24) is 16.2 Å². The number of hydrazine groups is 1. The fourth-order valence-corrected chi connectivity index (χ4v) is 1.14. The second-order valence-electron chi connectivity index (χ2n) is 3.07. The minimum atomic E-state index is -0.683. The third-order valence-electron chi connectivity index (χ3n) is 1.85. The summed E-state index contributed by atoms with van der Waals surface area (Å²) in [6.07, 6.45) is 6.18.